The topological polar surface area (TPSA) is 86.7 Å². The smallest absolute Gasteiger partial charge is 0.220 e. The van der Waals surface area contributed by atoms with E-state index < -0.39 is 0 Å². The average Bonchev–Trinajstić information content (AvgIpc) is 2.60. The molecule has 2 aromatic rings. The molecule has 0 aromatic carbocycles. The SMILES string of the molecule is Cn1nc(-c2ccnc(N)n2)cc1C=O. The molecule has 2 heterocycles. The van der Waals surface area contributed by atoms with Crippen molar-refractivity contribution in [3.8, 4) is 11.4 Å². The maximum atomic E-state index is 10.6. The molecular formula is C9H9N5O. The number of aryl methyl sites for hydroxylation is 1. The lowest BCUT2D eigenvalue weighted by atomic mass is 10.3. The summed E-state index contributed by atoms with van der Waals surface area (Å²) in [5.74, 6) is 0.186. The van der Waals surface area contributed by atoms with Crippen molar-refractivity contribution in [2.24, 2.45) is 7.05 Å². The van der Waals surface area contributed by atoms with E-state index in [1.807, 2.05) is 0 Å². The summed E-state index contributed by atoms with van der Waals surface area (Å²) in [5, 5.41) is 4.13. The second kappa shape index (κ2) is 3.49. The van der Waals surface area contributed by atoms with Crippen LogP contribution < -0.4 is 5.73 Å². The fourth-order valence-electron chi connectivity index (χ4n) is 1.23. The van der Waals surface area contributed by atoms with Crippen molar-refractivity contribution >= 4 is 12.2 Å². The summed E-state index contributed by atoms with van der Waals surface area (Å²) in [6.07, 6.45) is 2.29. The number of rotatable bonds is 2. The van der Waals surface area contributed by atoms with Crippen LogP contribution in [0.1, 0.15) is 10.5 Å². The first kappa shape index (κ1) is 9.32. The third-order valence-electron chi connectivity index (χ3n) is 1.97. The fourth-order valence-corrected chi connectivity index (χ4v) is 1.23. The van der Waals surface area contributed by atoms with Gasteiger partial charge in [-0.1, -0.05) is 0 Å². The van der Waals surface area contributed by atoms with E-state index in [0.29, 0.717) is 17.1 Å². The van der Waals surface area contributed by atoms with Crippen molar-refractivity contribution in [3.05, 3.63) is 24.0 Å². The molecule has 2 N–H and O–H groups in total. The van der Waals surface area contributed by atoms with Gasteiger partial charge in [0, 0.05) is 13.2 Å². The van der Waals surface area contributed by atoms with Crippen LogP contribution in [0.15, 0.2) is 18.3 Å². The van der Waals surface area contributed by atoms with Crippen LogP contribution in [0.2, 0.25) is 0 Å². The molecule has 2 aromatic heterocycles. The Morgan fingerprint density at radius 3 is 2.87 bits per heavy atom. The third kappa shape index (κ3) is 1.69. The molecule has 0 atom stereocenters. The molecule has 0 radical (unpaired) electrons. The largest absolute Gasteiger partial charge is 0.368 e. The number of nitrogens with zero attached hydrogens (tertiary/aromatic N) is 4. The highest BCUT2D eigenvalue weighted by molar-refractivity contribution is 5.75. The van der Waals surface area contributed by atoms with Gasteiger partial charge in [0.25, 0.3) is 0 Å². The molecule has 0 amide bonds. The Hall–Kier alpha value is -2.24. The van der Waals surface area contributed by atoms with Gasteiger partial charge in [-0.2, -0.15) is 5.10 Å². The lowest BCUT2D eigenvalue weighted by Gasteiger charge is -1.95. The van der Waals surface area contributed by atoms with E-state index in [1.165, 1.54) is 4.68 Å². The Labute approximate surface area is 85.8 Å². The van der Waals surface area contributed by atoms with Crippen molar-refractivity contribution in [1.29, 1.82) is 0 Å². The maximum absolute atomic E-state index is 10.6. The molecule has 0 spiro atoms. The zero-order valence-corrected chi connectivity index (χ0v) is 8.08. The van der Waals surface area contributed by atoms with Gasteiger partial charge in [0.15, 0.2) is 6.29 Å². The standard InChI is InChI=1S/C9H9N5O/c1-14-6(5-15)4-8(13-14)7-2-3-11-9(10)12-7/h2-5H,1H3,(H2,10,11,12). The number of carbonyl (C=O) groups excluding carboxylic acids is 1. The van der Waals surface area contributed by atoms with Crippen LogP contribution >= 0.6 is 0 Å². The lowest BCUT2D eigenvalue weighted by Crippen LogP contribution is -1.97. The van der Waals surface area contributed by atoms with Crippen LogP contribution in [0, 0.1) is 0 Å². The number of aldehydes is 1. The first-order chi connectivity index (χ1) is 7.20. The predicted molar refractivity (Wildman–Crippen MR) is 54.0 cm³/mol. The quantitative estimate of drug-likeness (QED) is 0.708. The van der Waals surface area contributed by atoms with Crippen molar-refractivity contribution in [3.63, 3.8) is 0 Å². The van der Waals surface area contributed by atoms with Crippen molar-refractivity contribution < 1.29 is 4.79 Å². The van der Waals surface area contributed by atoms with Crippen LogP contribution in [0.5, 0.6) is 0 Å². The van der Waals surface area contributed by atoms with Gasteiger partial charge in [0.2, 0.25) is 5.95 Å². The van der Waals surface area contributed by atoms with Crippen molar-refractivity contribution in [2.45, 2.75) is 0 Å². The minimum atomic E-state index is 0.186. The highest BCUT2D eigenvalue weighted by Crippen LogP contribution is 2.15. The second-order valence-electron chi connectivity index (χ2n) is 3.00. The molecule has 76 valence electrons. The Balaban J connectivity index is 2.49. The molecule has 0 aliphatic heterocycles. The Morgan fingerprint density at radius 2 is 2.27 bits per heavy atom. The first-order valence-corrected chi connectivity index (χ1v) is 4.29. The minimum Gasteiger partial charge on any atom is -0.368 e. The number of hydrogen-bond donors (Lipinski definition) is 1. The van der Waals surface area contributed by atoms with E-state index in [-0.39, 0.29) is 5.95 Å². The number of nitrogens with two attached hydrogens (primary N) is 1. The number of aromatic nitrogens is 4. The molecule has 0 aliphatic carbocycles. The molecule has 6 heteroatoms. The summed E-state index contributed by atoms with van der Waals surface area (Å²) < 4.78 is 1.49. The molecule has 0 unspecified atom stereocenters. The summed E-state index contributed by atoms with van der Waals surface area (Å²) in [6.45, 7) is 0. The van der Waals surface area contributed by atoms with Crippen LogP contribution in [-0.2, 0) is 7.05 Å². The van der Waals surface area contributed by atoms with Crippen LogP contribution in [0.3, 0.4) is 0 Å². The van der Waals surface area contributed by atoms with E-state index in [2.05, 4.69) is 15.1 Å². The Bertz CT molecular complexity index is 505. The van der Waals surface area contributed by atoms with Crippen LogP contribution in [-0.4, -0.2) is 26.0 Å². The van der Waals surface area contributed by atoms with E-state index in [9.17, 15) is 4.79 Å². The second-order valence-corrected chi connectivity index (χ2v) is 3.00. The fraction of sp³-hybridized carbons (Fsp3) is 0.111. The van der Waals surface area contributed by atoms with Crippen molar-refractivity contribution in [2.75, 3.05) is 5.73 Å². The molecule has 0 saturated heterocycles. The third-order valence-corrected chi connectivity index (χ3v) is 1.97. The Morgan fingerprint density at radius 1 is 1.47 bits per heavy atom. The monoisotopic (exact) mass is 203 g/mol. The van der Waals surface area contributed by atoms with Gasteiger partial charge < -0.3 is 5.73 Å². The molecule has 6 nitrogen and oxygen atoms in total. The number of hydrogen-bond acceptors (Lipinski definition) is 5. The molecule has 15 heavy (non-hydrogen) atoms. The van der Waals surface area contributed by atoms with E-state index in [4.69, 9.17) is 5.73 Å². The molecule has 0 saturated carbocycles. The molecular weight excluding hydrogens is 194 g/mol. The van der Waals surface area contributed by atoms with Gasteiger partial charge in [-0.15, -0.1) is 0 Å². The van der Waals surface area contributed by atoms with E-state index in [0.717, 1.165) is 6.29 Å². The highest BCUT2D eigenvalue weighted by atomic mass is 16.1. The predicted octanol–water partition coefficient (Wildman–Crippen LogP) is 0.272. The minimum absolute atomic E-state index is 0.186. The van der Waals surface area contributed by atoms with Gasteiger partial charge in [-0.3, -0.25) is 9.48 Å². The molecule has 0 fully saturated rings. The van der Waals surface area contributed by atoms with Crippen molar-refractivity contribution in [1.82, 2.24) is 19.7 Å². The normalized spacial score (nSPS) is 10.2. The molecule has 2 rings (SSSR count). The average molecular weight is 203 g/mol. The number of anilines is 1. The molecule has 0 aliphatic rings. The summed E-state index contributed by atoms with van der Waals surface area (Å²) in [5.41, 5.74) is 7.14. The summed E-state index contributed by atoms with van der Waals surface area (Å²) >= 11 is 0. The van der Waals surface area contributed by atoms with Gasteiger partial charge >= 0.3 is 0 Å². The highest BCUT2D eigenvalue weighted by Gasteiger charge is 2.07. The van der Waals surface area contributed by atoms with E-state index in [1.54, 1.807) is 25.4 Å². The zero-order chi connectivity index (χ0) is 10.8. The van der Waals surface area contributed by atoms with Crippen LogP contribution in [0.4, 0.5) is 5.95 Å². The molecule has 0 bridgehead atoms. The summed E-state index contributed by atoms with van der Waals surface area (Å²) in [6, 6.07) is 3.34. The number of carbonyl (C=O) groups is 1. The van der Waals surface area contributed by atoms with Gasteiger partial charge in [0.05, 0.1) is 5.69 Å². The lowest BCUT2D eigenvalue weighted by molar-refractivity contribution is 0.111. The van der Waals surface area contributed by atoms with Gasteiger partial charge in [-0.25, -0.2) is 9.97 Å². The van der Waals surface area contributed by atoms with E-state index >= 15 is 0 Å². The van der Waals surface area contributed by atoms with Gasteiger partial charge in [0.1, 0.15) is 11.4 Å². The summed E-state index contributed by atoms with van der Waals surface area (Å²) in [7, 11) is 1.69. The number of nitrogen functional groups attached to an aromatic ring is 1. The van der Waals surface area contributed by atoms with Gasteiger partial charge in [-0.05, 0) is 12.1 Å². The summed E-state index contributed by atoms with van der Waals surface area (Å²) in [4.78, 5) is 18.4. The van der Waals surface area contributed by atoms with Crippen LogP contribution in [0.25, 0.3) is 11.4 Å². The Kier molecular flexibility index (Phi) is 2.17. The maximum Gasteiger partial charge on any atom is 0.220 e. The first-order valence-electron chi connectivity index (χ1n) is 4.29. The zero-order valence-electron chi connectivity index (χ0n) is 8.08.